The van der Waals surface area contributed by atoms with Crippen LogP contribution >= 0.6 is 11.3 Å². The van der Waals surface area contributed by atoms with Crippen LogP contribution in [0, 0.1) is 13.8 Å². The Kier molecular flexibility index (Phi) is 7.84. The van der Waals surface area contributed by atoms with Crippen LogP contribution < -0.4 is 15.4 Å². The van der Waals surface area contributed by atoms with Crippen LogP contribution in [0.4, 0.5) is 0 Å². The van der Waals surface area contributed by atoms with Gasteiger partial charge in [0.1, 0.15) is 0 Å². The predicted octanol–water partition coefficient (Wildman–Crippen LogP) is 3.24. The summed E-state index contributed by atoms with van der Waals surface area (Å²) in [5, 5.41) is 7.80. The first kappa shape index (κ1) is 20.2. The third-order valence-corrected chi connectivity index (χ3v) is 4.75. The normalized spacial score (nSPS) is 11.7. The maximum absolute atomic E-state index is 5.56. The van der Waals surface area contributed by atoms with E-state index in [2.05, 4.69) is 46.4 Å². The van der Waals surface area contributed by atoms with Crippen molar-refractivity contribution >= 4 is 17.3 Å². The molecule has 0 saturated carbocycles. The molecule has 6 nitrogen and oxygen atoms in total. The lowest BCUT2D eigenvalue weighted by Gasteiger charge is -2.11. The van der Waals surface area contributed by atoms with Crippen molar-refractivity contribution in [1.29, 1.82) is 0 Å². The highest BCUT2D eigenvalue weighted by atomic mass is 32.1. The van der Waals surface area contributed by atoms with Crippen LogP contribution in [0.2, 0.25) is 0 Å². The van der Waals surface area contributed by atoms with E-state index in [1.54, 1.807) is 11.3 Å². The van der Waals surface area contributed by atoms with Crippen molar-refractivity contribution in [1.82, 2.24) is 20.6 Å². The summed E-state index contributed by atoms with van der Waals surface area (Å²) in [7, 11) is 0. The van der Waals surface area contributed by atoms with Crippen molar-refractivity contribution in [3.63, 3.8) is 0 Å². The maximum Gasteiger partial charge on any atom is 0.213 e. The van der Waals surface area contributed by atoms with Gasteiger partial charge in [0.05, 0.1) is 23.4 Å². The van der Waals surface area contributed by atoms with Crippen LogP contribution in [0.15, 0.2) is 23.3 Å². The molecule has 0 aromatic carbocycles. The summed E-state index contributed by atoms with van der Waals surface area (Å²) in [5.74, 6) is 1.45. The number of aliphatic imine (C=N–C) groups is 1. The Bertz CT molecular complexity index is 690. The van der Waals surface area contributed by atoms with E-state index >= 15 is 0 Å². The molecule has 26 heavy (non-hydrogen) atoms. The number of nitrogens with one attached hydrogen (secondary N) is 2. The zero-order valence-corrected chi connectivity index (χ0v) is 17.1. The van der Waals surface area contributed by atoms with E-state index in [1.807, 2.05) is 32.2 Å². The van der Waals surface area contributed by atoms with Crippen molar-refractivity contribution in [2.24, 2.45) is 4.99 Å². The minimum atomic E-state index is 0.126. The van der Waals surface area contributed by atoms with Gasteiger partial charge >= 0.3 is 0 Å². The van der Waals surface area contributed by atoms with Gasteiger partial charge in [0.25, 0.3) is 0 Å². The number of aromatic nitrogens is 2. The van der Waals surface area contributed by atoms with E-state index in [4.69, 9.17) is 4.74 Å². The number of rotatable bonds is 8. The maximum atomic E-state index is 5.56. The average Bonchev–Trinajstić information content (AvgIpc) is 2.91. The summed E-state index contributed by atoms with van der Waals surface area (Å²) in [6, 6.07) is 3.89. The average molecular weight is 376 g/mol. The van der Waals surface area contributed by atoms with Gasteiger partial charge < -0.3 is 15.4 Å². The Balaban J connectivity index is 1.87. The molecule has 0 fully saturated rings. The summed E-state index contributed by atoms with van der Waals surface area (Å²) in [4.78, 5) is 14.8. The van der Waals surface area contributed by atoms with Gasteiger partial charge in [0.2, 0.25) is 5.88 Å². The van der Waals surface area contributed by atoms with Crippen LogP contribution in [-0.2, 0) is 13.0 Å². The van der Waals surface area contributed by atoms with E-state index in [1.165, 1.54) is 4.88 Å². The molecular formula is C19H29N5OS. The topological polar surface area (TPSA) is 71.4 Å². The minimum absolute atomic E-state index is 0.126. The molecule has 0 atom stereocenters. The SMILES string of the molecule is CCNC(=NCc1ccc(OC(C)C)nc1)NCCc1nc(C)c(C)s1. The third-order valence-electron chi connectivity index (χ3n) is 3.62. The van der Waals surface area contributed by atoms with E-state index < -0.39 is 0 Å². The summed E-state index contributed by atoms with van der Waals surface area (Å²) >= 11 is 1.76. The van der Waals surface area contributed by atoms with E-state index in [9.17, 15) is 0 Å². The fourth-order valence-corrected chi connectivity index (χ4v) is 3.20. The van der Waals surface area contributed by atoms with Crippen LogP contribution in [0.1, 0.15) is 41.9 Å². The van der Waals surface area contributed by atoms with Crippen molar-refractivity contribution < 1.29 is 4.74 Å². The minimum Gasteiger partial charge on any atom is -0.475 e. The first-order valence-electron chi connectivity index (χ1n) is 9.04. The lowest BCUT2D eigenvalue weighted by molar-refractivity contribution is 0.232. The van der Waals surface area contributed by atoms with Crippen LogP contribution in [0.5, 0.6) is 5.88 Å². The van der Waals surface area contributed by atoms with E-state index in [0.29, 0.717) is 12.4 Å². The lowest BCUT2D eigenvalue weighted by atomic mass is 10.3. The molecule has 0 aliphatic rings. The molecule has 2 N–H and O–H groups in total. The van der Waals surface area contributed by atoms with Crippen LogP contribution in [0.3, 0.4) is 0 Å². The zero-order valence-electron chi connectivity index (χ0n) is 16.3. The first-order chi connectivity index (χ1) is 12.5. The highest BCUT2D eigenvalue weighted by Crippen LogP contribution is 2.16. The number of nitrogens with zero attached hydrogens (tertiary/aromatic N) is 3. The second kappa shape index (κ2) is 10.1. The van der Waals surface area contributed by atoms with Gasteiger partial charge in [-0.2, -0.15) is 0 Å². The van der Waals surface area contributed by atoms with Crippen LogP contribution in [-0.4, -0.2) is 35.1 Å². The summed E-state index contributed by atoms with van der Waals surface area (Å²) in [5.41, 5.74) is 2.17. The van der Waals surface area contributed by atoms with Crippen LogP contribution in [0.25, 0.3) is 0 Å². The molecule has 0 saturated heterocycles. The van der Waals surface area contributed by atoms with Gasteiger partial charge in [-0.05, 0) is 40.2 Å². The van der Waals surface area contributed by atoms with Gasteiger partial charge in [-0.3, -0.25) is 0 Å². The number of guanidine groups is 1. The van der Waals surface area contributed by atoms with Gasteiger partial charge in [0.15, 0.2) is 5.96 Å². The van der Waals surface area contributed by atoms with Gasteiger partial charge in [-0.25, -0.2) is 15.0 Å². The van der Waals surface area contributed by atoms with E-state index in [0.717, 1.165) is 41.7 Å². The van der Waals surface area contributed by atoms with Gasteiger partial charge in [0, 0.05) is 36.7 Å². The second-order valence-electron chi connectivity index (χ2n) is 6.29. The molecule has 2 aromatic rings. The highest BCUT2D eigenvalue weighted by molar-refractivity contribution is 7.11. The van der Waals surface area contributed by atoms with Crippen molar-refractivity contribution in [2.45, 2.75) is 53.7 Å². The number of hydrogen-bond donors (Lipinski definition) is 2. The summed E-state index contributed by atoms with van der Waals surface area (Å²) in [6.07, 6.45) is 2.83. The Morgan fingerprint density at radius 3 is 2.65 bits per heavy atom. The highest BCUT2D eigenvalue weighted by Gasteiger charge is 2.04. The lowest BCUT2D eigenvalue weighted by Crippen LogP contribution is -2.38. The number of aryl methyl sites for hydroxylation is 2. The standard InChI is InChI=1S/C19H29N5OS/c1-6-20-19(21-10-9-18-24-14(4)15(5)26-18)23-12-16-7-8-17(22-11-16)25-13(2)3/h7-8,11,13H,6,9-10,12H2,1-5H3,(H2,20,21,23). The molecule has 0 unspecified atom stereocenters. The number of ether oxygens (including phenoxy) is 1. The molecule has 2 heterocycles. The molecule has 2 rings (SSSR count). The monoisotopic (exact) mass is 375 g/mol. The van der Waals surface area contributed by atoms with Crippen molar-refractivity contribution in [3.8, 4) is 5.88 Å². The molecule has 0 radical (unpaired) electrons. The quantitative estimate of drug-likeness (QED) is 0.547. The third kappa shape index (κ3) is 6.63. The second-order valence-corrected chi connectivity index (χ2v) is 7.58. The number of hydrogen-bond acceptors (Lipinski definition) is 5. The number of pyridine rings is 1. The first-order valence-corrected chi connectivity index (χ1v) is 9.86. The molecule has 0 bridgehead atoms. The fraction of sp³-hybridized carbons (Fsp3) is 0.526. The zero-order chi connectivity index (χ0) is 18.9. The Morgan fingerprint density at radius 1 is 1.27 bits per heavy atom. The largest absolute Gasteiger partial charge is 0.475 e. The van der Waals surface area contributed by atoms with Gasteiger partial charge in [-0.15, -0.1) is 11.3 Å². The molecular weight excluding hydrogens is 346 g/mol. The predicted molar refractivity (Wildman–Crippen MR) is 108 cm³/mol. The molecule has 142 valence electrons. The molecule has 0 aliphatic carbocycles. The van der Waals surface area contributed by atoms with E-state index in [-0.39, 0.29) is 6.10 Å². The summed E-state index contributed by atoms with van der Waals surface area (Å²) < 4.78 is 5.56. The Labute approximate surface area is 160 Å². The molecule has 7 heteroatoms. The van der Waals surface area contributed by atoms with Crippen molar-refractivity contribution in [2.75, 3.05) is 13.1 Å². The summed E-state index contributed by atoms with van der Waals surface area (Å²) in [6.45, 7) is 12.4. The Morgan fingerprint density at radius 2 is 2.08 bits per heavy atom. The molecule has 2 aromatic heterocycles. The molecule has 0 spiro atoms. The Hall–Kier alpha value is -2.15. The number of thiazole rings is 1. The molecule has 0 aliphatic heterocycles. The van der Waals surface area contributed by atoms with Crippen molar-refractivity contribution in [3.05, 3.63) is 39.5 Å². The van der Waals surface area contributed by atoms with Gasteiger partial charge in [-0.1, -0.05) is 6.07 Å². The fourth-order valence-electron chi connectivity index (χ4n) is 2.26. The molecule has 0 amide bonds. The smallest absolute Gasteiger partial charge is 0.213 e.